The summed E-state index contributed by atoms with van der Waals surface area (Å²) in [5.41, 5.74) is 6.93. The lowest BCUT2D eigenvalue weighted by Gasteiger charge is -2.25. The molecule has 0 aliphatic carbocycles. The highest BCUT2D eigenvalue weighted by Gasteiger charge is 2.31. The molecule has 0 saturated carbocycles. The average molecular weight is 561 g/mol. The predicted molar refractivity (Wildman–Crippen MR) is 144 cm³/mol. The fourth-order valence-electron chi connectivity index (χ4n) is 3.57. The Morgan fingerprint density at radius 2 is 1.26 bits per heavy atom. The summed E-state index contributed by atoms with van der Waals surface area (Å²) < 4.78 is 0. The quantitative estimate of drug-likeness (QED) is 0.136. The van der Waals surface area contributed by atoms with E-state index in [4.69, 9.17) is 10.8 Å². The number of carbonyl (C=O) groups excluding carboxylic acids is 3. The van der Waals surface area contributed by atoms with Gasteiger partial charge in [0.05, 0.1) is 6.04 Å². The van der Waals surface area contributed by atoms with Gasteiger partial charge in [-0.25, -0.2) is 4.79 Å². The molecule has 2 aromatic carbocycles. The third kappa shape index (κ3) is 10.7. The molecule has 0 radical (unpaired) electrons. The number of amides is 3. The van der Waals surface area contributed by atoms with Crippen LogP contribution in [0.3, 0.4) is 0 Å². The Bertz CT molecular complexity index is 1150. The summed E-state index contributed by atoms with van der Waals surface area (Å²) in [5, 5.41) is 35.5. The normalized spacial score (nSPS) is 13.8. The number of aromatic hydroxyl groups is 1. The fourth-order valence-corrected chi connectivity index (χ4v) is 3.74. The summed E-state index contributed by atoms with van der Waals surface area (Å²) in [4.78, 5) is 61.8. The van der Waals surface area contributed by atoms with Crippen LogP contribution in [0.1, 0.15) is 24.0 Å². The molecule has 4 unspecified atom stereocenters. The van der Waals surface area contributed by atoms with Crippen LogP contribution in [0.5, 0.6) is 5.75 Å². The second-order valence-corrected chi connectivity index (χ2v) is 9.17. The van der Waals surface area contributed by atoms with E-state index >= 15 is 0 Å². The third-order valence-electron chi connectivity index (χ3n) is 5.72. The fraction of sp³-hybridized carbons (Fsp3) is 0.346. The zero-order chi connectivity index (χ0) is 28.9. The Labute approximate surface area is 230 Å². The Kier molecular flexibility index (Phi) is 12.2. The molecule has 12 nitrogen and oxygen atoms in total. The summed E-state index contributed by atoms with van der Waals surface area (Å²) in [7, 11) is 0. The number of aliphatic carboxylic acids is 2. The lowest BCUT2D eigenvalue weighted by Crippen LogP contribution is -2.58. The molecule has 2 rings (SSSR count). The molecule has 0 aliphatic rings. The molecule has 39 heavy (non-hydrogen) atoms. The van der Waals surface area contributed by atoms with Crippen LogP contribution in [-0.2, 0) is 36.8 Å². The summed E-state index contributed by atoms with van der Waals surface area (Å²) in [6.45, 7) is 0. The molecule has 0 bridgehead atoms. The van der Waals surface area contributed by atoms with Gasteiger partial charge in [0.15, 0.2) is 0 Å². The maximum atomic E-state index is 13.2. The van der Waals surface area contributed by atoms with Gasteiger partial charge in [-0.3, -0.25) is 19.2 Å². The lowest BCUT2D eigenvalue weighted by molar-refractivity contribution is -0.143. The Morgan fingerprint density at radius 3 is 1.82 bits per heavy atom. The van der Waals surface area contributed by atoms with Crippen molar-refractivity contribution in [1.82, 2.24) is 16.0 Å². The minimum Gasteiger partial charge on any atom is -0.508 e. The van der Waals surface area contributed by atoms with Crippen LogP contribution in [-0.4, -0.2) is 74.9 Å². The van der Waals surface area contributed by atoms with Crippen molar-refractivity contribution in [2.24, 2.45) is 5.73 Å². The first-order chi connectivity index (χ1) is 18.5. The van der Waals surface area contributed by atoms with E-state index in [0.717, 1.165) is 0 Å². The van der Waals surface area contributed by atoms with Crippen LogP contribution >= 0.6 is 12.6 Å². The van der Waals surface area contributed by atoms with E-state index in [1.54, 1.807) is 30.3 Å². The number of carbonyl (C=O) groups is 5. The number of phenolic OH excluding ortho intramolecular Hbond substituents is 1. The van der Waals surface area contributed by atoms with Crippen LogP contribution in [0.15, 0.2) is 54.6 Å². The zero-order valence-electron chi connectivity index (χ0n) is 20.9. The molecule has 3 amide bonds. The molecule has 0 aromatic heterocycles. The average Bonchev–Trinajstić information content (AvgIpc) is 2.91. The van der Waals surface area contributed by atoms with Gasteiger partial charge in [-0.05, 0) is 29.7 Å². The highest BCUT2D eigenvalue weighted by atomic mass is 32.1. The summed E-state index contributed by atoms with van der Waals surface area (Å²) >= 11 is 3.99. The van der Waals surface area contributed by atoms with E-state index in [0.29, 0.717) is 11.1 Å². The van der Waals surface area contributed by atoms with E-state index < -0.39 is 60.2 Å². The Hall–Kier alpha value is -4.10. The van der Waals surface area contributed by atoms with Crippen molar-refractivity contribution in [2.75, 3.05) is 5.75 Å². The second kappa shape index (κ2) is 15.3. The summed E-state index contributed by atoms with van der Waals surface area (Å²) in [6, 6.07) is 9.48. The summed E-state index contributed by atoms with van der Waals surface area (Å²) in [6.07, 6.45) is -0.909. The van der Waals surface area contributed by atoms with E-state index in [1.165, 1.54) is 24.3 Å². The van der Waals surface area contributed by atoms with E-state index in [9.17, 15) is 34.2 Å². The van der Waals surface area contributed by atoms with E-state index in [1.807, 2.05) is 0 Å². The molecule has 0 spiro atoms. The van der Waals surface area contributed by atoms with Gasteiger partial charge >= 0.3 is 11.9 Å². The zero-order valence-corrected chi connectivity index (χ0v) is 21.8. The molecule has 13 heteroatoms. The first kappa shape index (κ1) is 31.1. The maximum Gasteiger partial charge on any atom is 0.326 e. The van der Waals surface area contributed by atoms with Gasteiger partial charge in [0.2, 0.25) is 17.7 Å². The topological polar surface area (TPSA) is 208 Å². The van der Waals surface area contributed by atoms with Crippen molar-refractivity contribution >= 4 is 42.3 Å². The SMILES string of the molecule is NC(CS)C(=O)NC(Cc1ccccc1)C(=O)NC(CCC(=O)O)C(=O)NC(Cc1ccc(O)cc1)C(=O)O. The number of carboxylic acids is 2. The van der Waals surface area contributed by atoms with Gasteiger partial charge in [0.25, 0.3) is 0 Å². The highest BCUT2D eigenvalue weighted by Crippen LogP contribution is 2.12. The van der Waals surface area contributed by atoms with Gasteiger partial charge in [0.1, 0.15) is 23.9 Å². The van der Waals surface area contributed by atoms with E-state index in [2.05, 4.69) is 28.6 Å². The minimum absolute atomic E-state index is 0.0152. The Morgan fingerprint density at radius 1 is 0.744 bits per heavy atom. The number of rotatable bonds is 15. The first-order valence-corrected chi connectivity index (χ1v) is 12.7. The van der Waals surface area contributed by atoms with Crippen molar-refractivity contribution in [1.29, 1.82) is 0 Å². The van der Waals surface area contributed by atoms with Gasteiger partial charge in [-0.2, -0.15) is 12.6 Å². The number of benzene rings is 2. The van der Waals surface area contributed by atoms with Crippen LogP contribution in [0.2, 0.25) is 0 Å². The molecule has 0 heterocycles. The van der Waals surface area contributed by atoms with Crippen LogP contribution < -0.4 is 21.7 Å². The molecular formula is C26H32N4O8S. The van der Waals surface area contributed by atoms with Crippen molar-refractivity contribution in [3.05, 3.63) is 65.7 Å². The van der Waals surface area contributed by atoms with Crippen molar-refractivity contribution < 1.29 is 39.3 Å². The molecule has 2 aromatic rings. The van der Waals surface area contributed by atoms with Gasteiger partial charge in [-0.15, -0.1) is 0 Å². The standard InChI is InChI=1S/C26H32N4O8S/c27-18(14-39)23(34)29-20(12-15-4-2-1-3-5-15)25(36)28-19(10-11-22(32)33)24(35)30-21(26(37)38)13-16-6-8-17(31)9-7-16/h1-9,18-21,31,39H,10-14,27H2,(H,28,36)(H,29,34)(H,30,35)(H,32,33)(H,37,38). The van der Waals surface area contributed by atoms with Gasteiger partial charge in [-0.1, -0.05) is 42.5 Å². The smallest absolute Gasteiger partial charge is 0.326 e. The number of hydrogen-bond donors (Lipinski definition) is 8. The van der Waals surface area contributed by atoms with E-state index in [-0.39, 0.29) is 30.8 Å². The maximum absolute atomic E-state index is 13.2. The summed E-state index contributed by atoms with van der Waals surface area (Å²) in [5.74, 6) is -4.91. The third-order valence-corrected chi connectivity index (χ3v) is 6.11. The van der Waals surface area contributed by atoms with Crippen molar-refractivity contribution in [3.8, 4) is 5.75 Å². The molecule has 0 saturated heterocycles. The van der Waals surface area contributed by atoms with Gasteiger partial charge < -0.3 is 37.0 Å². The predicted octanol–water partition coefficient (Wildman–Crippen LogP) is -0.162. The molecule has 8 N–H and O–H groups in total. The van der Waals surface area contributed by atoms with Crippen molar-refractivity contribution in [3.63, 3.8) is 0 Å². The van der Waals surface area contributed by atoms with Gasteiger partial charge in [0, 0.05) is 25.0 Å². The molecular weight excluding hydrogens is 528 g/mol. The molecule has 0 aliphatic heterocycles. The molecule has 0 fully saturated rings. The lowest BCUT2D eigenvalue weighted by atomic mass is 10.0. The minimum atomic E-state index is -1.41. The van der Waals surface area contributed by atoms with Crippen molar-refractivity contribution in [2.45, 2.75) is 49.9 Å². The highest BCUT2D eigenvalue weighted by molar-refractivity contribution is 7.80. The van der Waals surface area contributed by atoms with Crippen LogP contribution in [0.4, 0.5) is 0 Å². The number of thiol groups is 1. The number of phenols is 1. The first-order valence-electron chi connectivity index (χ1n) is 12.0. The molecule has 210 valence electrons. The largest absolute Gasteiger partial charge is 0.508 e. The monoisotopic (exact) mass is 560 g/mol. The second-order valence-electron chi connectivity index (χ2n) is 8.80. The number of carboxylic acid groups (broad SMARTS) is 2. The van der Waals surface area contributed by atoms with Crippen LogP contribution in [0, 0.1) is 0 Å². The van der Waals surface area contributed by atoms with Crippen LogP contribution in [0.25, 0.3) is 0 Å². The number of nitrogens with one attached hydrogen (secondary N) is 3. The Balaban J connectivity index is 2.23. The number of hydrogen-bond acceptors (Lipinski definition) is 8. The number of nitrogens with two attached hydrogens (primary N) is 1. The molecule has 4 atom stereocenters.